The number of carbonyl (C=O) groups is 1. The molecule has 1 unspecified atom stereocenters. The first-order valence-electron chi connectivity index (χ1n) is 7.75. The van der Waals surface area contributed by atoms with Crippen LogP contribution in [0.5, 0.6) is 0 Å². The van der Waals surface area contributed by atoms with Gasteiger partial charge < -0.3 is 4.90 Å². The predicted molar refractivity (Wildman–Crippen MR) is 86.5 cm³/mol. The zero-order valence-corrected chi connectivity index (χ0v) is 13.6. The number of aryl methyl sites for hydroxylation is 1. The number of pyridine rings is 1. The Labute approximate surface area is 133 Å². The molecule has 3 rings (SSSR count). The first-order valence-corrected chi connectivity index (χ1v) is 7.75. The van der Waals surface area contributed by atoms with Crippen molar-refractivity contribution in [2.75, 3.05) is 13.1 Å². The van der Waals surface area contributed by atoms with Gasteiger partial charge in [-0.2, -0.15) is 0 Å². The van der Waals surface area contributed by atoms with E-state index in [1.165, 1.54) is 17.8 Å². The monoisotopic (exact) mass is 316 g/mol. The van der Waals surface area contributed by atoms with Gasteiger partial charge in [-0.25, -0.2) is 9.78 Å². The van der Waals surface area contributed by atoms with Crippen molar-refractivity contribution in [3.63, 3.8) is 0 Å². The molecule has 0 aliphatic carbocycles. The highest BCUT2D eigenvalue weighted by molar-refractivity contribution is 5.96. The maximum atomic E-state index is 12.6. The van der Waals surface area contributed by atoms with Gasteiger partial charge in [-0.3, -0.25) is 18.7 Å². The molecule has 0 N–H and O–H groups in total. The topological polar surface area (TPSA) is 77.2 Å². The number of aromatic nitrogens is 3. The summed E-state index contributed by atoms with van der Waals surface area (Å²) in [6.07, 6.45) is 3.56. The number of amides is 1. The van der Waals surface area contributed by atoms with Gasteiger partial charge in [-0.1, -0.05) is 6.92 Å². The summed E-state index contributed by atoms with van der Waals surface area (Å²) >= 11 is 0. The van der Waals surface area contributed by atoms with E-state index in [0.717, 1.165) is 30.5 Å². The molecule has 1 aliphatic heterocycles. The van der Waals surface area contributed by atoms with E-state index in [-0.39, 0.29) is 11.3 Å². The van der Waals surface area contributed by atoms with Gasteiger partial charge in [0.2, 0.25) is 0 Å². The van der Waals surface area contributed by atoms with Crippen molar-refractivity contribution in [3.05, 3.63) is 38.7 Å². The van der Waals surface area contributed by atoms with Gasteiger partial charge >= 0.3 is 5.69 Å². The maximum absolute atomic E-state index is 12.6. The molecular weight excluding hydrogens is 296 g/mol. The molecule has 0 bridgehead atoms. The van der Waals surface area contributed by atoms with Crippen LogP contribution in [0.4, 0.5) is 0 Å². The summed E-state index contributed by atoms with van der Waals surface area (Å²) in [5.41, 5.74) is -0.180. The Kier molecular flexibility index (Phi) is 3.79. The van der Waals surface area contributed by atoms with Crippen LogP contribution in [0.25, 0.3) is 11.0 Å². The van der Waals surface area contributed by atoms with Gasteiger partial charge in [0.15, 0.2) is 0 Å². The molecule has 23 heavy (non-hydrogen) atoms. The van der Waals surface area contributed by atoms with Crippen LogP contribution in [0.1, 0.15) is 30.1 Å². The Morgan fingerprint density at radius 1 is 1.26 bits per heavy atom. The third kappa shape index (κ3) is 2.56. The SMILES string of the molecule is CC1CCCN(C(=O)c2cnc3c(c2)c(=O)n(C)c(=O)n3C)C1. The molecule has 3 heterocycles. The third-order valence-corrected chi connectivity index (χ3v) is 4.48. The molecule has 7 nitrogen and oxygen atoms in total. The molecule has 2 aromatic heterocycles. The summed E-state index contributed by atoms with van der Waals surface area (Å²) in [6.45, 7) is 3.58. The molecule has 0 saturated carbocycles. The van der Waals surface area contributed by atoms with E-state index in [1.807, 2.05) is 4.90 Å². The van der Waals surface area contributed by atoms with Crippen molar-refractivity contribution in [2.24, 2.45) is 20.0 Å². The van der Waals surface area contributed by atoms with Crippen molar-refractivity contribution >= 4 is 16.9 Å². The molecule has 1 amide bonds. The van der Waals surface area contributed by atoms with Gasteiger partial charge in [0.25, 0.3) is 11.5 Å². The zero-order valence-electron chi connectivity index (χ0n) is 13.6. The van der Waals surface area contributed by atoms with E-state index in [4.69, 9.17) is 0 Å². The van der Waals surface area contributed by atoms with E-state index >= 15 is 0 Å². The minimum absolute atomic E-state index is 0.109. The molecule has 122 valence electrons. The predicted octanol–water partition coefficient (Wildman–Crippen LogP) is 0.504. The Morgan fingerprint density at radius 3 is 2.70 bits per heavy atom. The van der Waals surface area contributed by atoms with Crippen LogP contribution in [0, 0.1) is 5.92 Å². The fourth-order valence-electron chi connectivity index (χ4n) is 3.14. The summed E-state index contributed by atoms with van der Waals surface area (Å²) < 4.78 is 2.34. The molecule has 1 fully saturated rings. The minimum Gasteiger partial charge on any atom is -0.338 e. The van der Waals surface area contributed by atoms with E-state index in [0.29, 0.717) is 17.1 Å². The second-order valence-electron chi connectivity index (χ2n) is 6.30. The number of carbonyl (C=O) groups excluding carboxylic acids is 1. The lowest BCUT2D eigenvalue weighted by Gasteiger charge is -2.30. The quantitative estimate of drug-likeness (QED) is 0.768. The number of fused-ring (bicyclic) bond motifs is 1. The average molecular weight is 316 g/mol. The van der Waals surface area contributed by atoms with Gasteiger partial charge in [0, 0.05) is 33.4 Å². The molecule has 7 heteroatoms. The Morgan fingerprint density at radius 2 is 2.00 bits per heavy atom. The molecule has 2 aromatic rings. The zero-order chi connectivity index (χ0) is 16.7. The number of nitrogens with zero attached hydrogens (tertiary/aromatic N) is 4. The average Bonchev–Trinajstić information content (AvgIpc) is 2.57. The molecule has 1 aliphatic rings. The summed E-state index contributed by atoms with van der Waals surface area (Å²) in [5.74, 6) is 0.372. The lowest BCUT2D eigenvalue weighted by molar-refractivity contribution is 0.0683. The second-order valence-corrected chi connectivity index (χ2v) is 6.30. The molecule has 1 saturated heterocycles. The second kappa shape index (κ2) is 5.64. The van der Waals surface area contributed by atoms with Crippen molar-refractivity contribution in [3.8, 4) is 0 Å². The maximum Gasteiger partial charge on any atom is 0.332 e. The van der Waals surface area contributed by atoms with Crippen molar-refractivity contribution in [2.45, 2.75) is 19.8 Å². The summed E-state index contributed by atoms with van der Waals surface area (Å²) in [7, 11) is 2.98. The Bertz CT molecular complexity index is 897. The molecule has 0 spiro atoms. The number of hydrogen-bond donors (Lipinski definition) is 0. The highest BCUT2D eigenvalue weighted by Gasteiger charge is 2.23. The van der Waals surface area contributed by atoms with Gasteiger partial charge in [0.1, 0.15) is 5.65 Å². The van der Waals surface area contributed by atoms with Crippen LogP contribution in [0.3, 0.4) is 0 Å². The summed E-state index contributed by atoms with van der Waals surface area (Å²) in [6, 6.07) is 1.55. The summed E-state index contributed by atoms with van der Waals surface area (Å²) in [5, 5.41) is 0.283. The van der Waals surface area contributed by atoms with E-state index in [1.54, 1.807) is 13.1 Å². The molecule has 0 aromatic carbocycles. The first kappa shape index (κ1) is 15.5. The lowest BCUT2D eigenvalue weighted by atomic mass is 9.99. The standard InChI is InChI=1S/C16H20N4O3/c1-10-5-4-6-20(9-10)14(21)11-7-12-13(17-8-11)18(2)16(23)19(3)15(12)22/h7-8,10H,4-6,9H2,1-3H3. The fraction of sp³-hybridized carbons (Fsp3) is 0.500. The van der Waals surface area contributed by atoms with E-state index in [2.05, 4.69) is 11.9 Å². The highest BCUT2D eigenvalue weighted by atomic mass is 16.2. The Balaban J connectivity index is 2.08. The number of rotatable bonds is 1. The minimum atomic E-state index is -0.433. The van der Waals surface area contributed by atoms with Crippen LogP contribution in [0.15, 0.2) is 21.9 Å². The van der Waals surface area contributed by atoms with Crippen LogP contribution >= 0.6 is 0 Å². The van der Waals surface area contributed by atoms with Crippen LogP contribution < -0.4 is 11.2 Å². The number of piperidine rings is 1. The summed E-state index contributed by atoms with van der Waals surface area (Å²) in [4.78, 5) is 42.8. The van der Waals surface area contributed by atoms with Crippen molar-refractivity contribution in [1.82, 2.24) is 19.0 Å². The lowest BCUT2D eigenvalue weighted by Crippen LogP contribution is -2.40. The smallest absolute Gasteiger partial charge is 0.332 e. The van der Waals surface area contributed by atoms with E-state index < -0.39 is 11.2 Å². The normalized spacial score (nSPS) is 18.4. The van der Waals surface area contributed by atoms with Crippen molar-refractivity contribution < 1.29 is 4.79 Å². The molecular formula is C16H20N4O3. The molecule has 0 radical (unpaired) electrons. The van der Waals surface area contributed by atoms with Crippen LogP contribution in [0.2, 0.25) is 0 Å². The van der Waals surface area contributed by atoms with Gasteiger partial charge in [0.05, 0.1) is 10.9 Å². The first-order chi connectivity index (χ1) is 10.9. The number of hydrogen-bond acceptors (Lipinski definition) is 4. The van der Waals surface area contributed by atoms with Crippen molar-refractivity contribution in [1.29, 1.82) is 0 Å². The van der Waals surface area contributed by atoms with Crippen LogP contribution in [-0.2, 0) is 14.1 Å². The third-order valence-electron chi connectivity index (χ3n) is 4.48. The highest BCUT2D eigenvalue weighted by Crippen LogP contribution is 2.18. The van der Waals surface area contributed by atoms with Gasteiger partial charge in [-0.05, 0) is 24.8 Å². The Hall–Kier alpha value is -2.44. The molecule has 1 atom stereocenters. The number of likely N-dealkylation sites (tertiary alicyclic amines) is 1. The fourth-order valence-corrected chi connectivity index (χ4v) is 3.14. The largest absolute Gasteiger partial charge is 0.338 e. The van der Waals surface area contributed by atoms with Gasteiger partial charge in [-0.15, -0.1) is 0 Å². The van der Waals surface area contributed by atoms with E-state index in [9.17, 15) is 14.4 Å². The van der Waals surface area contributed by atoms with Crippen LogP contribution in [-0.4, -0.2) is 38.0 Å².